The molecular formula is C42H46Cl2SiZr-4. The molecule has 2 aliphatic carbocycles. The summed E-state index contributed by atoms with van der Waals surface area (Å²) in [6, 6.07) is 42.6. The third kappa shape index (κ3) is 15.9. The van der Waals surface area contributed by atoms with E-state index in [-0.39, 0.29) is 24.8 Å². The van der Waals surface area contributed by atoms with Crippen LogP contribution in [0.2, 0.25) is 0 Å². The van der Waals surface area contributed by atoms with Crippen molar-refractivity contribution in [1.29, 1.82) is 0 Å². The minimum atomic E-state index is 0. The van der Waals surface area contributed by atoms with E-state index in [2.05, 4.69) is 133 Å². The number of allylic oxidation sites excluding steroid dienone is 8. The van der Waals surface area contributed by atoms with Crippen LogP contribution >= 0.6 is 24.8 Å². The summed E-state index contributed by atoms with van der Waals surface area (Å²) in [5.74, 6) is 0.926. The Kier molecular flexibility index (Phi) is 24.2. The van der Waals surface area contributed by atoms with Crippen LogP contribution in [0.4, 0.5) is 0 Å². The van der Waals surface area contributed by atoms with Gasteiger partial charge in [-0.1, -0.05) is 102 Å². The Morgan fingerprint density at radius 2 is 0.913 bits per heavy atom. The fourth-order valence-corrected chi connectivity index (χ4v) is 4.90. The molecule has 0 aliphatic heterocycles. The van der Waals surface area contributed by atoms with E-state index in [9.17, 15) is 0 Å². The van der Waals surface area contributed by atoms with E-state index < -0.39 is 0 Å². The van der Waals surface area contributed by atoms with Crippen LogP contribution in [0, 0.1) is 36.1 Å². The predicted molar refractivity (Wildman–Crippen MR) is 202 cm³/mol. The Bertz CT molecular complexity index is 1340. The third-order valence-electron chi connectivity index (χ3n) is 7.04. The van der Waals surface area contributed by atoms with Crippen molar-refractivity contribution < 1.29 is 23.3 Å². The molecule has 4 heteroatoms. The Morgan fingerprint density at radius 1 is 0.565 bits per heavy atom. The van der Waals surface area contributed by atoms with Gasteiger partial charge in [0.1, 0.15) is 0 Å². The van der Waals surface area contributed by atoms with Crippen LogP contribution < -0.4 is 0 Å². The second kappa shape index (κ2) is 25.6. The number of aryl methyl sites for hydroxylation is 2. The number of benzene rings is 4. The topological polar surface area (TPSA) is 0 Å². The molecule has 0 heterocycles. The maximum absolute atomic E-state index is 3.43. The summed E-state index contributed by atoms with van der Waals surface area (Å²) in [5, 5.41) is 0. The van der Waals surface area contributed by atoms with Gasteiger partial charge in [-0.3, -0.25) is 12.2 Å². The number of hydrogen-bond acceptors (Lipinski definition) is 0. The van der Waals surface area contributed by atoms with Crippen LogP contribution in [-0.4, -0.2) is 6.88 Å². The van der Waals surface area contributed by atoms with E-state index >= 15 is 0 Å². The second-order valence-electron chi connectivity index (χ2n) is 10.5. The summed E-state index contributed by atoms with van der Waals surface area (Å²) >= 11 is 1.36. The SMILES string of the molecule is CCc1cccc(C2=CC(C)[C-]=C2C)c1.CCc1cccc(C2=CC(C)[C-]=C2C)c1.Cl.Cl.[Si]=[Zr].[c-]1ccccc1.[c-]1ccccc1. The molecule has 0 spiro atoms. The van der Waals surface area contributed by atoms with Crippen LogP contribution in [0.25, 0.3) is 11.1 Å². The van der Waals surface area contributed by atoms with Crippen molar-refractivity contribution in [3.05, 3.63) is 179 Å². The first kappa shape index (κ1) is 43.5. The molecule has 2 unspecified atom stereocenters. The summed E-state index contributed by atoms with van der Waals surface area (Å²) in [4.78, 5) is 0. The molecule has 0 N–H and O–H groups in total. The van der Waals surface area contributed by atoms with Gasteiger partial charge in [0.25, 0.3) is 0 Å². The normalized spacial score (nSPS) is 15.2. The summed E-state index contributed by atoms with van der Waals surface area (Å²) in [5.41, 5.74) is 10.8. The van der Waals surface area contributed by atoms with Crippen LogP contribution in [-0.2, 0) is 36.2 Å². The Labute approximate surface area is 309 Å². The molecule has 6 rings (SSSR count). The Balaban J connectivity index is 0.000000610. The molecule has 2 aliphatic rings. The van der Waals surface area contributed by atoms with Crippen molar-refractivity contribution in [2.24, 2.45) is 11.8 Å². The molecule has 0 saturated carbocycles. The molecule has 2 atom stereocenters. The van der Waals surface area contributed by atoms with Crippen LogP contribution in [0.15, 0.2) is 132 Å². The fourth-order valence-electron chi connectivity index (χ4n) is 4.90. The van der Waals surface area contributed by atoms with E-state index in [1.54, 1.807) is 0 Å². The van der Waals surface area contributed by atoms with Gasteiger partial charge in [-0.15, -0.1) is 35.9 Å². The van der Waals surface area contributed by atoms with Crippen molar-refractivity contribution in [3.8, 4) is 0 Å². The van der Waals surface area contributed by atoms with E-state index in [1.165, 1.54) is 67.9 Å². The van der Waals surface area contributed by atoms with Gasteiger partial charge in [-0.2, -0.15) is 96.1 Å². The van der Waals surface area contributed by atoms with Gasteiger partial charge < -0.3 is 0 Å². The Hall–Kier alpha value is -2.48. The largest absolute Gasteiger partial charge is 0.184 e. The van der Waals surface area contributed by atoms with Gasteiger partial charge in [0.15, 0.2) is 0 Å². The maximum Gasteiger partial charge on any atom is -0.171 e. The van der Waals surface area contributed by atoms with Gasteiger partial charge in [-0.05, 0) is 24.0 Å². The summed E-state index contributed by atoms with van der Waals surface area (Å²) in [6.45, 7) is 16.1. The molecule has 0 aromatic heterocycles. The molecule has 240 valence electrons. The minimum Gasteiger partial charge on any atom is -0.184 e. The molecule has 46 heavy (non-hydrogen) atoms. The zero-order valence-electron chi connectivity index (χ0n) is 27.9. The van der Waals surface area contributed by atoms with E-state index in [4.69, 9.17) is 0 Å². The zero-order valence-corrected chi connectivity index (χ0v) is 33.0. The second-order valence-corrected chi connectivity index (χ2v) is 10.5. The van der Waals surface area contributed by atoms with Crippen molar-refractivity contribution in [1.82, 2.24) is 0 Å². The average Bonchev–Trinajstić information content (AvgIpc) is 3.62. The first-order valence-corrected chi connectivity index (χ1v) is 19.5. The van der Waals surface area contributed by atoms with E-state index in [0.717, 1.165) is 12.8 Å². The molecule has 4 aromatic rings. The van der Waals surface area contributed by atoms with Crippen LogP contribution in [0.1, 0.15) is 63.8 Å². The van der Waals surface area contributed by atoms with Crippen LogP contribution in [0.5, 0.6) is 0 Å². The van der Waals surface area contributed by atoms with Gasteiger partial charge in [0.2, 0.25) is 0 Å². The van der Waals surface area contributed by atoms with Crippen molar-refractivity contribution in [2.45, 2.75) is 54.4 Å². The molecule has 0 bridgehead atoms. The smallest absolute Gasteiger partial charge is 0.171 e. The summed E-state index contributed by atoms with van der Waals surface area (Å²) in [6.07, 6.45) is 13.6. The van der Waals surface area contributed by atoms with Gasteiger partial charge in [0.05, 0.1) is 0 Å². The van der Waals surface area contributed by atoms with Crippen LogP contribution in [0.3, 0.4) is 0 Å². The summed E-state index contributed by atoms with van der Waals surface area (Å²) < 4.78 is 0. The minimum absolute atomic E-state index is 0. The number of halogens is 2. The van der Waals surface area contributed by atoms with E-state index in [1.807, 2.05) is 60.7 Å². The zero-order chi connectivity index (χ0) is 32.2. The first-order chi connectivity index (χ1) is 21.4. The Morgan fingerprint density at radius 3 is 1.13 bits per heavy atom. The number of rotatable bonds is 4. The van der Waals surface area contributed by atoms with Crippen molar-refractivity contribution >= 4 is 42.8 Å². The van der Waals surface area contributed by atoms with Crippen molar-refractivity contribution in [3.63, 3.8) is 0 Å². The quantitative estimate of drug-likeness (QED) is 0.144. The fraction of sp³-hybridized carbons (Fsp3) is 0.238. The van der Waals surface area contributed by atoms with E-state index in [0.29, 0.717) is 11.8 Å². The standard InChI is InChI=1S/2C15H17.2C6H5.2ClH.Si.Zr/c2*1-4-13-6-5-7-14(10-13)15-9-11(2)8-12(15)3;2*1-2-4-6-5-3-1;;;;/h2*5-7,9-11H,4H2,1-3H3;2*1-5H;2*1H;;/q4*-1;;;;. The maximum atomic E-state index is 3.43. The van der Waals surface area contributed by atoms with Crippen molar-refractivity contribution in [2.75, 3.05) is 0 Å². The first-order valence-electron chi connectivity index (χ1n) is 15.3. The molecule has 2 radical (unpaired) electrons. The van der Waals surface area contributed by atoms with Gasteiger partial charge in [-0.25, -0.2) is 11.1 Å². The molecule has 0 nitrogen and oxygen atoms in total. The van der Waals surface area contributed by atoms with Gasteiger partial charge in [0, 0.05) is 0 Å². The molecule has 4 aromatic carbocycles. The summed E-state index contributed by atoms with van der Waals surface area (Å²) in [7, 11) is 0. The molecule has 0 saturated heterocycles. The molecule has 0 fully saturated rings. The molecule has 0 amide bonds. The third-order valence-corrected chi connectivity index (χ3v) is 7.04. The average molecular weight is 741 g/mol. The predicted octanol–water partition coefficient (Wildman–Crippen LogP) is 11.5. The monoisotopic (exact) mass is 738 g/mol. The van der Waals surface area contributed by atoms with Gasteiger partial charge >= 0.3 is 30.2 Å². The number of hydrogen-bond donors (Lipinski definition) is 0. The molecular weight excluding hydrogens is 695 g/mol.